The van der Waals surface area contributed by atoms with Crippen molar-refractivity contribution >= 4 is 17.1 Å². The zero-order valence-electron chi connectivity index (χ0n) is 7.86. The Hall–Kier alpha value is -2.30. The van der Waals surface area contributed by atoms with Crippen LogP contribution in [0.1, 0.15) is 0 Å². The summed E-state index contributed by atoms with van der Waals surface area (Å²) < 4.78 is 0. The van der Waals surface area contributed by atoms with Gasteiger partial charge >= 0.3 is 0 Å². The molecule has 0 amide bonds. The molecule has 15 heavy (non-hydrogen) atoms. The van der Waals surface area contributed by atoms with Crippen LogP contribution in [0.15, 0.2) is 30.3 Å². The van der Waals surface area contributed by atoms with Crippen molar-refractivity contribution in [3.05, 3.63) is 30.3 Å². The summed E-state index contributed by atoms with van der Waals surface area (Å²) in [5.74, 6) is 0.388. The van der Waals surface area contributed by atoms with E-state index in [0.29, 0.717) is 11.6 Å². The van der Waals surface area contributed by atoms with Gasteiger partial charge in [-0.05, 0) is 0 Å². The van der Waals surface area contributed by atoms with E-state index in [0.717, 1.165) is 16.8 Å². The lowest BCUT2D eigenvalue weighted by atomic mass is 10.1. The molecule has 2 aromatic heterocycles. The molecule has 0 unspecified atom stereocenters. The minimum Gasteiger partial charge on any atom is -0.369 e. The Morgan fingerprint density at radius 3 is 2.73 bits per heavy atom. The van der Waals surface area contributed by atoms with Crippen molar-refractivity contribution in [1.29, 1.82) is 0 Å². The second kappa shape index (κ2) is 2.84. The number of aromatic amines is 2. The summed E-state index contributed by atoms with van der Waals surface area (Å²) in [6.07, 6.45) is 0. The number of nitrogens with two attached hydrogens (primary N) is 1. The molecule has 0 aliphatic carbocycles. The number of nitrogens with one attached hydrogen (secondary N) is 2. The van der Waals surface area contributed by atoms with Gasteiger partial charge in [0.15, 0.2) is 5.95 Å². The van der Waals surface area contributed by atoms with Crippen molar-refractivity contribution in [1.82, 2.24) is 20.2 Å². The van der Waals surface area contributed by atoms with Gasteiger partial charge in [0.05, 0.1) is 5.69 Å². The number of rotatable bonds is 1. The van der Waals surface area contributed by atoms with E-state index >= 15 is 0 Å². The van der Waals surface area contributed by atoms with Gasteiger partial charge in [0.1, 0.15) is 5.52 Å². The predicted molar refractivity (Wildman–Crippen MR) is 58.1 cm³/mol. The van der Waals surface area contributed by atoms with Crippen LogP contribution >= 0.6 is 0 Å². The molecule has 1 aromatic carbocycles. The normalized spacial score (nSPS) is 10.9. The fraction of sp³-hybridized carbons (Fsp3) is 0. The minimum atomic E-state index is 0.388. The lowest BCUT2D eigenvalue weighted by molar-refractivity contribution is 1.10. The molecule has 0 atom stereocenters. The van der Waals surface area contributed by atoms with Gasteiger partial charge in [-0.3, -0.25) is 5.10 Å². The molecule has 5 nitrogen and oxygen atoms in total. The summed E-state index contributed by atoms with van der Waals surface area (Å²) in [5, 5.41) is 7.01. The van der Waals surface area contributed by atoms with Crippen molar-refractivity contribution in [2.75, 3.05) is 5.73 Å². The van der Waals surface area contributed by atoms with Gasteiger partial charge in [0, 0.05) is 5.56 Å². The summed E-state index contributed by atoms with van der Waals surface area (Å²) in [4.78, 5) is 7.02. The molecule has 0 fully saturated rings. The van der Waals surface area contributed by atoms with Crippen LogP contribution in [0.5, 0.6) is 0 Å². The van der Waals surface area contributed by atoms with Crippen LogP contribution in [0, 0.1) is 0 Å². The van der Waals surface area contributed by atoms with Gasteiger partial charge in [-0.15, -0.1) is 0 Å². The fourth-order valence-electron chi connectivity index (χ4n) is 1.62. The molecule has 0 spiro atoms. The van der Waals surface area contributed by atoms with Crippen LogP contribution in [0.4, 0.5) is 5.95 Å². The Balaban J connectivity index is 2.27. The smallest absolute Gasteiger partial charge is 0.201 e. The maximum Gasteiger partial charge on any atom is 0.201 e. The fourth-order valence-corrected chi connectivity index (χ4v) is 1.62. The molecule has 0 aliphatic rings. The van der Waals surface area contributed by atoms with Gasteiger partial charge in [-0.25, -0.2) is 0 Å². The van der Waals surface area contributed by atoms with Crippen LogP contribution in [-0.4, -0.2) is 20.2 Å². The molecule has 4 N–H and O–H groups in total. The molecule has 0 saturated heterocycles. The highest BCUT2D eigenvalue weighted by Crippen LogP contribution is 2.24. The average Bonchev–Trinajstić information content (AvgIpc) is 2.77. The first kappa shape index (κ1) is 8.05. The van der Waals surface area contributed by atoms with Crippen LogP contribution in [0.3, 0.4) is 0 Å². The second-order valence-corrected chi connectivity index (χ2v) is 3.29. The summed E-state index contributed by atoms with van der Waals surface area (Å²) in [7, 11) is 0. The molecule has 74 valence electrons. The van der Waals surface area contributed by atoms with Crippen LogP contribution in [0.2, 0.25) is 0 Å². The quantitative estimate of drug-likeness (QED) is 0.555. The number of nitrogens with zero attached hydrogens (tertiary/aromatic N) is 2. The van der Waals surface area contributed by atoms with Crippen molar-refractivity contribution < 1.29 is 0 Å². The monoisotopic (exact) mass is 199 g/mol. The summed E-state index contributed by atoms with van der Waals surface area (Å²) in [5.41, 5.74) is 9.00. The van der Waals surface area contributed by atoms with Gasteiger partial charge < -0.3 is 10.7 Å². The molecular formula is C10H9N5. The van der Waals surface area contributed by atoms with E-state index in [1.54, 1.807) is 0 Å². The standard InChI is InChI=1S/C10H9N5/c11-10-12-8-7(14-15-9(8)13-10)6-4-2-1-3-5-6/h1-5H,(H4,11,12,13,14,15). The summed E-state index contributed by atoms with van der Waals surface area (Å²) in [6, 6.07) is 9.93. The molecule has 3 aromatic rings. The lowest BCUT2D eigenvalue weighted by Gasteiger charge is -1.95. The number of imidazole rings is 1. The van der Waals surface area contributed by atoms with E-state index in [4.69, 9.17) is 5.73 Å². The Bertz CT molecular complexity index is 593. The first-order valence-electron chi connectivity index (χ1n) is 4.59. The molecule has 0 bridgehead atoms. The van der Waals surface area contributed by atoms with Crippen LogP contribution in [-0.2, 0) is 0 Å². The predicted octanol–water partition coefficient (Wildman–Crippen LogP) is 1.54. The number of nitrogen functional groups attached to an aromatic ring is 1. The van der Waals surface area contributed by atoms with E-state index in [2.05, 4.69) is 20.2 Å². The molecule has 5 heteroatoms. The van der Waals surface area contributed by atoms with Gasteiger partial charge in [-0.2, -0.15) is 10.1 Å². The minimum absolute atomic E-state index is 0.388. The number of benzene rings is 1. The Morgan fingerprint density at radius 1 is 1.13 bits per heavy atom. The zero-order chi connectivity index (χ0) is 10.3. The topological polar surface area (TPSA) is 83.4 Å². The first-order valence-corrected chi connectivity index (χ1v) is 4.59. The highest BCUT2D eigenvalue weighted by Gasteiger charge is 2.10. The van der Waals surface area contributed by atoms with Gasteiger partial charge in [-0.1, -0.05) is 30.3 Å². The van der Waals surface area contributed by atoms with E-state index < -0.39 is 0 Å². The number of hydrogen-bond acceptors (Lipinski definition) is 3. The van der Waals surface area contributed by atoms with Crippen molar-refractivity contribution in [3.63, 3.8) is 0 Å². The maximum absolute atomic E-state index is 5.56. The number of hydrogen-bond donors (Lipinski definition) is 3. The van der Waals surface area contributed by atoms with Gasteiger partial charge in [0.25, 0.3) is 0 Å². The van der Waals surface area contributed by atoms with E-state index in [9.17, 15) is 0 Å². The molecule has 0 saturated carbocycles. The SMILES string of the molecule is Nc1nc2n[nH]c(-c3ccccc3)c2[nH]1. The average molecular weight is 199 g/mol. The largest absolute Gasteiger partial charge is 0.369 e. The first-order chi connectivity index (χ1) is 7.34. The highest BCUT2D eigenvalue weighted by atomic mass is 15.2. The molecule has 2 heterocycles. The third-order valence-corrected chi connectivity index (χ3v) is 2.29. The number of H-pyrrole nitrogens is 2. The maximum atomic E-state index is 5.56. The Kier molecular flexibility index (Phi) is 1.53. The highest BCUT2D eigenvalue weighted by molar-refractivity contribution is 5.88. The number of anilines is 1. The van der Waals surface area contributed by atoms with E-state index in [1.165, 1.54) is 0 Å². The third kappa shape index (κ3) is 1.17. The molecular weight excluding hydrogens is 190 g/mol. The van der Waals surface area contributed by atoms with Crippen LogP contribution in [0.25, 0.3) is 22.4 Å². The second-order valence-electron chi connectivity index (χ2n) is 3.29. The van der Waals surface area contributed by atoms with E-state index in [-0.39, 0.29) is 0 Å². The van der Waals surface area contributed by atoms with Crippen molar-refractivity contribution in [2.24, 2.45) is 0 Å². The van der Waals surface area contributed by atoms with Crippen molar-refractivity contribution in [3.8, 4) is 11.3 Å². The lowest BCUT2D eigenvalue weighted by Crippen LogP contribution is -1.87. The number of aromatic nitrogens is 4. The molecule has 3 rings (SSSR count). The number of fused-ring (bicyclic) bond motifs is 1. The van der Waals surface area contributed by atoms with E-state index in [1.807, 2.05) is 30.3 Å². The van der Waals surface area contributed by atoms with Crippen molar-refractivity contribution in [2.45, 2.75) is 0 Å². The molecule has 0 aliphatic heterocycles. The van der Waals surface area contributed by atoms with Gasteiger partial charge in [0.2, 0.25) is 5.65 Å². The zero-order valence-corrected chi connectivity index (χ0v) is 7.86. The summed E-state index contributed by atoms with van der Waals surface area (Å²) in [6.45, 7) is 0. The Morgan fingerprint density at radius 2 is 1.93 bits per heavy atom. The molecule has 0 radical (unpaired) electrons. The van der Waals surface area contributed by atoms with Crippen LogP contribution < -0.4 is 5.73 Å². The summed E-state index contributed by atoms with van der Waals surface area (Å²) >= 11 is 0. The third-order valence-electron chi connectivity index (χ3n) is 2.29. The Labute approximate surface area is 85.3 Å².